The van der Waals surface area contributed by atoms with Gasteiger partial charge in [0.15, 0.2) is 0 Å². The highest BCUT2D eigenvalue weighted by atomic mass is 16.5. The fraction of sp³-hybridized carbons (Fsp3) is 0.462. The van der Waals surface area contributed by atoms with Gasteiger partial charge in [-0.25, -0.2) is 4.79 Å². The van der Waals surface area contributed by atoms with Gasteiger partial charge in [0.25, 0.3) is 11.8 Å². The zero-order valence-corrected chi connectivity index (χ0v) is 20.3. The van der Waals surface area contributed by atoms with Crippen molar-refractivity contribution < 1.29 is 24.2 Å². The molecule has 3 fully saturated rings. The molecule has 2 aromatic rings. The van der Waals surface area contributed by atoms with Crippen LogP contribution in [0.4, 0.5) is 4.79 Å². The van der Waals surface area contributed by atoms with Crippen molar-refractivity contribution in [3.8, 4) is 11.5 Å². The van der Waals surface area contributed by atoms with Gasteiger partial charge in [-0.3, -0.25) is 35.0 Å². The summed E-state index contributed by atoms with van der Waals surface area (Å²) in [4.78, 5) is 47.0. The fourth-order valence-electron chi connectivity index (χ4n) is 5.67. The molecule has 0 saturated carbocycles. The average Bonchev–Trinajstić information content (AvgIpc) is 2.85. The maximum Gasteiger partial charge on any atom is 0.328 e. The summed E-state index contributed by atoms with van der Waals surface area (Å²) in [6.45, 7) is 5.72. The lowest BCUT2D eigenvalue weighted by molar-refractivity contribution is -0.153. The van der Waals surface area contributed by atoms with Gasteiger partial charge in [-0.1, -0.05) is 19.1 Å². The molecule has 3 aliphatic rings. The number of piperidine rings is 1. The summed E-state index contributed by atoms with van der Waals surface area (Å²) >= 11 is 0. The molecule has 1 aromatic heterocycles. The molecule has 0 atom stereocenters. The molecule has 190 valence electrons. The van der Waals surface area contributed by atoms with E-state index in [4.69, 9.17) is 4.74 Å². The van der Waals surface area contributed by atoms with E-state index in [0.29, 0.717) is 36.7 Å². The summed E-state index contributed by atoms with van der Waals surface area (Å²) in [5.41, 5.74) is -0.0610. The van der Waals surface area contributed by atoms with E-state index in [1.165, 1.54) is 0 Å². The van der Waals surface area contributed by atoms with E-state index >= 15 is 0 Å². The number of imide groups is 2. The highest BCUT2D eigenvalue weighted by Crippen LogP contribution is 2.44. The zero-order valence-electron chi connectivity index (χ0n) is 20.3. The Bertz CT molecular complexity index is 1110. The number of nitrogens with zero attached hydrogens (tertiary/aromatic N) is 3. The zero-order chi connectivity index (χ0) is 25.3. The summed E-state index contributed by atoms with van der Waals surface area (Å²) in [6.07, 6.45) is 4.15. The molecule has 10 heteroatoms. The predicted octanol–water partition coefficient (Wildman–Crippen LogP) is 1.39. The molecule has 4 amide bonds. The van der Waals surface area contributed by atoms with E-state index in [9.17, 15) is 19.5 Å². The lowest BCUT2D eigenvalue weighted by Gasteiger charge is -2.56. The summed E-state index contributed by atoms with van der Waals surface area (Å²) in [5, 5.41) is 13.8. The number of amides is 4. The van der Waals surface area contributed by atoms with Gasteiger partial charge in [0.05, 0.1) is 12.8 Å². The molecule has 5 rings (SSSR count). The molecule has 0 radical (unpaired) electrons. The van der Waals surface area contributed by atoms with Crippen LogP contribution in [-0.4, -0.2) is 77.1 Å². The van der Waals surface area contributed by atoms with E-state index in [1.54, 1.807) is 30.5 Å². The molecule has 1 aromatic carbocycles. The Kier molecular flexibility index (Phi) is 6.50. The van der Waals surface area contributed by atoms with Crippen LogP contribution in [0.15, 0.2) is 42.6 Å². The second kappa shape index (κ2) is 9.61. The minimum Gasteiger partial charge on any atom is -0.456 e. The van der Waals surface area contributed by atoms with Crippen LogP contribution >= 0.6 is 0 Å². The SMILES string of the molecule is CCc1ccc(Oc2ccc(C3(N4CCC5(CC4)CN(CCO)C5)C(=O)NC(=O)NC3=O)cc2)cn1. The van der Waals surface area contributed by atoms with Gasteiger partial charge in [0.1, 0.15) is 11.5 Å². The van der Waals surface area contributed by atoms with Crippen molar-refractivity contribution in [2.75, 3.05) is 39.3 Å². The molecule has 0 unspecified atom stereocenters. The minimum absolute atomic E-state index is 0.139. The topological polar surface area (TPSA) is 124 Å². The molecule has 10 nitrogen and oxygen atoms in total. The normalized spacial score (nSPS) is 21.6. The van der Waals surface area contributed by atoms with Crippen LogP contribution in [0.2, 0.25) is 0 Å². The Morgan fingerprint density at radius 1 is 0.972 bits per heavy atom. The molecule has 3 N–H and O–H groups in total. The third-order valence-electron chi connectivity index (χ3n) is 7.61. The number of aliphatic hydroxyl groups is 1. The van der Waals surface area contributed by atoms with Crippen LogP contribution in [0.25, 0.3) is 0 Å². The molecular formula is C26H31N5O5. The number of aromatic nitrogens is 1. The van der Waals surface area contributed by atoms with Crippen molar-refractivity contribution in [1.29, 1.82) is 0 Å². The van der Waals surface area contributed by atoms with Crippen LogP contribution in [0, 0.1) is 5.41 Å². The number of likely N-dealkylation sites (tertiary alicyclic amines) is 2. The molecular weight excluding hydrogens is 462 g/mol. The summed E-state index contributed by atoms with van der Waals surface area (Å²) in [6, 6.07) is 9.78. The number of urea groups is 1. The number of rotatable bonds is 7. The number of pyridine rings is 1. The lowest BCUT2D eigenvalue weighted by Crippen LogP contribution is -2.73. The van der Waals surface area contributed by atoms with Crippen molar-refractivity contribution in [2.45, 2.75) is 31.7 Å². The van der Waals surface area contributed by atoms with E-state index in [2.05, 4.69) is 20.5 Å². The van der Waals surface area contributed by atoms with E-state index in [0.717, 1.165) is 38.0 Å². The number of barbiturate groups is 1. The summed E-state index contributed by atoms with van der Waals surface area (Å²) in [5.74, 6) is -0.152. The van der Waals surface area contributed by atoms with Gasteiger partial charge in [0.2, 0.25) is 5.54 Å². The first-order valence-corrected chi connectivity index (χ1v) is 12.4. The second-order valence-electron chi connectivity index (χ2n) is 9.83. The highest BCUT2D eigenvalue weighted by Gasteiger charge is 2.58. The number of aryl methyl sites for hydroxylation is 1. The standard InChI is InChI=1S/C26H31N5O5/c1-2-19-5-8-21(15-27-19)36-20-6-3-18(4-7-20)26(22(33)28-24(35)29-23(26)34)31-11-9-25(10-12-31)16-30(17-25)13-14-32/h3-8,15,32H,2,9-14,16-17H2,1H3,(H2,28,29,33,34,35). The molecule has 36 heavy (non-hydrogen) atoms. The monoisotopic (exact) mass is 493 g/mol. The largest absolute Gasteiger partial charge is 0.456 e. The van der Waals surface area contributed by atoms with Crippen LogP contribution in [0.1, 0.15) is 31.0 Å². The first-order valence-electron chi connectivity index (χ1n) is 12.4. The Labute approximate surface area is 209 Å². The number of nitrogens with one attached hydrogen (secondary N) is 2. The Morgan fingerprint density at radius 2 is 1.61 bits per heavy atom. The number of benzene rings is 1. The number of ether oxygens (including phenoxy) is 1. The number of hydrogen-bond donors (Lipinski definition) is 3. The fourth-order valence-corrected chi connectivity index (χ4v) is 5.67. The molecule has 3 aliphatic heterocycles. The van der Waals surface area contributed by atoms with Gasteiger partial charge in [0, 0.05) is 38.4 Å². The molecule has 4 heterocycles. The van der Waals surface area contributed by atoms with E-state index < -0.39 is 23.4 Å². The van der Waals surface area contributed by atoms with Crippen molar-refractivity contribution in [2.24, 2.45) is 5.41 Å². The smallest absolute Gasteiger partial charge is 0.328 e. The maximum absolute atomic E-state index is 13.3. The average molecular weight is 494 g/mol. The third kappa shape index (κ3) is 4.25. The van der Waals surface area contributed by atoms with Gasteiger partial charge in [-0.05, 0) is 54.5 Å². The number of hydrogen-bond acceptors (Lipinski definition) is 8. The van der Waals surface area contributed by atoms with Gasteiger partial charge >= 0.3 is 6.03 Å². The Morgan fingerprint density at radius 3 is 2.17 bits per heavy atom. The van der Waals surface area contributed by atoms with Crippen molar-refractivity contribution in [1.82, 2.24) is 25.4 Å². The van der Waals surface area contributed by atoms with Gasteiger partial charge in [-0.2, -0.15) is 0 Å². The summed E-state index contributed by atoms with van der Waals surface area (Å²) in [7, 11) is 0. The number of aliphatic hydroxyl groups excluding tert-OH is 1. The number of β-amino-alcohol motifs (C(OH)–C–C–N with tert-alkyl or cyclic N) is 1. The summed E-state index contributed by atoms with van der Waals surface area (Å²) < 4.78 is 5.89. The highest BCUT2D eigenvalue weighted by molar-refractivity contribution is 6.22. The Hall–Kier alpha value is -3.34. The minimum atomic E-state index is -1.65. The molecule has 1 spiro atoms. The Balaban J connectivity index is 1.38. The van der Waals surface area contributed by atoms with Crippen LogP contribution in [-0.2, 0) is 21.5 Å². The van der Waals surface area contributed by atoms with Gasteiger partial charge in [-0.15, -0.1) is 0 Å². The predicted molar refractivity (Wildman–Crippen MR) is 130 cm³/mol. The van der Waals surface area contributed by atoms with Gasteiger partial charge < -0.3 is 9.84 Å². The number of carbonyl (C=O) groups is 3. The van der Waals surface area contributed by atoms with E-state index in [-0.39, 0.29) is 12.0 Å². The molecule has 3 saturated heterocycles. The third-order valence-corrected chi connectivity index (χ3v) is 7.61. The number of carbonyl (C=O) groups excluding carboxylic acids is 3. The van der Waals surface area contributed by atoms with Crippen LogP contribution < -0.4 is 15.4 Å². The van der Waals surface area contributed by atoms with Crippen LogP contribution in [0.3, 0.4) is 0 Å². The lowest BCUT2D eigenvalue weighted by atomic mass is 9.70. The van der Waals surface area contributed by atoms with Crippen molar-refractivity contribution >= 4 is 17.8 Å². The molecule has 0 aliphatic carbocycles. The molecule has 0 bridgehead atoms. The second-order valence-corrected chi connectivity index (χ2v) is 9.83. The van der Waals surface area contributed by atoms with Crippen molar-refractivity contribution in [3.05, 3.63) is 53.9 Å². The quantitative estimate of drug-likeness (QED) is 0.495. The van der Waals surface area contributed by atoms with Crippen LogP contribution in [0.5, 0.6) is 11.5 Å². The van der Waals surface area contributed by atoms with E-state index in [1.807, 2.05) is 24.0 Å². The van der Waals surface area contributed by atoms with Crippen molar-refractivity contribution in [3.63, 3.8) is 0 Å². The first kappa shape index (κ1) is 24.4. The first-order chi connectivity index (χ1) is 17.4. The maximum atomic E-state index is 13.3.